The summed E-state index contributed by atoms with van der Waals surface area (Å²) >= 11 is 0. The number of pyridine rings is 1. The topological polar surface area (TPSA) is 158 Å². The van der Waals surface area contributed by atoms with Crippen LogP contribution in [0.25, 0.3) is 33.6 Å². The Morgan fingerprint density at radius 1 is 0.847 bits per heavy atom. The van der Waals surface area contributed by atoms with Gasteiger partial charge in [0.15, 0.2) is 0 Å². The fourth-order valence-electron chi connectivity index (χ4n) is 9.38. The van der Waals surface area contributed by atoms with Gasteiger partial charge in [0.1, 0.15) is 23.4 Å². The molecule has 2 bridgehead atoms. The molecule has 3 amide bonds. The van der Waals surface area contributed by atoms with Crippen LogP contribution in [0.3, 0.4) is 0 Å². The lowest BCUT2D eigenvalue weighted by Gasteiger charge is -2.30. The number of carbonyl (C=O) groups is 3. The van der Waals surface area contributed by atoms with Crippen molar-refractivity contribution in [2.75, 3.05) is 13.7 Å². The fourth-order valence-corrected chi connectivity index (χ4v) is 9.38. The summed E-state index contributed by atoms with van der Waals surface area (Å²) in [7, 11) is 1.28. The van der Waals surface area contributed by atoms with Crippen LogP contribution in [0.1, 0.15) is 80.8 Å². The van der Waals surface area contributed by atoms with Crippen molar-refractivity contribution in [2.45, 2.75) is 76.7 Å². The molecule has 308 valence electrons. The predicted molar refractivity (Wildman–Crippen MR) is 213 cm³/mol. The zero-order valence-corrected chi connectivity index (χ0v) is 33.1. The first-order valence-electron chi connectivity index (χ1n) is 20.1. The molecule has 12 nitrogen and oxygen atoms in total. The van der Waals surface area contributed by atoms with Gasteiger partial charge in [0.25, 0.3) is 0 Å². The SMILES string of the molecule is COC(=O)N[C@H](C(=O)N1CCC[C@H]1c1ncc(-c2ccc(-c3ccc(-c4cnc(C5C6CCC(C6)[C@@H]5C(=O)NCc5cccnc5C(F)(F)F)[nH]4)cc3)cc2)[nH]1)C(C)C. The number of imidazole rings is 2. The maximum Gasteiger partial charge on any atom is 0.433 e. The van der Waals surface area contributed by atoms with Crippen molar-refractivity contribution < 1.29 is 32.3 Å². The molecule has 2 saturated carbocycles. The number of aromatic amines is 2. The van der Waals surface area contributed by atoms with E-state index in [4.69, 9.17) is 9.72 Å². The molecule has 6 atom stereocenters. The number of ether oxygens (including phenoxy) is 1. The van der Waals surface area contributed by atoms with Crippen molar-refractivity contribution in [1.82, 2.24) is 40.5 Å². The average Bonchev–Trinajstić information content (AvgIpc) is 4.10. The van der Waals surface area contributed by atoms with Gasteiger partial charge in [0, 0.05) is 30.8 Å². The number of amides is 3. The second kappa shape index (κ2) is 16.3. The minimum absolute atomic E-state index is 0.0600. The maximum absolute atomic E-state index is 13.6. The van der Waals surface area contributed by atoms with Gasteiger partial charge >= 0.3 is 12.3 Å². The van der Waals surface area contributed by atoms with E-state index in [-0.39, 0.29) is 59.6 Å². The summed E-state index contributed by atoms with van der Waals surface area (Å²) in [5, 5.41) is 5.47. The number of aromatic nitrogens is 5. The molecular weight excluding hydrogens is 762 g/mol. The second-order valence-corrected chi connectivity index (χ2v) is 16.2. The van der Waals surface area contributed by atoms with E-state index in [1.165, 1.54) is 19.2 Å². The van der Waals surface area contributed by atoms with Crippen LogP contribution in [0.5, 0.6) is 0 Å². The highest BCUT2D eigenvalue weighted by Crippen LogP contribution is 2.56. The molecule has 8 rings (SSSR count). The number of nitrogens with one attached hydrogen (secondary N) is 4. The van der Waals surface area contributed by atoms with Crippen LogP contribution in [0.2, 0.25) is 0 Å². The van der Waals surface area contributed by atoms with Crippen molar-refractivity contribution in [1.29, 1.82) is 0 Å². The maximum atomic E-state index is 13.6. The number of halogens is 3. The van der Waals surface area contributed by atoms with Gasteiger partial charge in [-0.1, -0.05) is 68.4 Å². The van der Waals surface area contributed by atoms with Crippen LogP contribution in [-0.2, 0) is 27.0 Å². The molecule has 3 fully saturated rings. The van der Waals surface area contributed by atoms with Crippen molar-refractivity contribution >= 4 is 17.9 Å². The molecule has 4 heterocycles. The molecule has 59 heavy (non-hydrogen) atoms. The largest absolute Gasteiger partial charge is 0.453 e. The fraction of sp³-hybridized carbons (Fsp3) is 0.409. The van der Waals surface area contributed by atoms with Gasteiger partial charge in [-0.3, -0.25) is 14.6 Å². The standard InChI is InChI=1S/C44H47F3N8O4/c1-24(2)37(54-43(58)59-3)42(57)55-19-5-7-34(55)39-49-22-32(52-39)27-12-8-25(9-13-27)26-10-14-28(15-11-26)33-23-50-40(53-33)35-29-16-17-30(20-29)36(35)41(56)51-21-31-6-4-18-48-38(31)44(45,46)47/h4,6,8-15,18,22-24,29-30,34-37H,5,7,16-17,19-21H2,1-3H3,(H,49,52)(H,50,53)(H,51,56)(H,54,58)/t29?,30?,34-,35?,36-,37-/m0/s1. The lowest BCUT2D eigenvalue weighted by atomic mass is 9.78. The number of methoxy groups -OCH3 is 1. The van der Waals surface area contributed by atoms with E-state index < -0.39 is 24.0 Å². The van der Waals surface area contributed by atoms with E-state index in [9.17, 15) is 27.6 Å². The molecule has 3 aromatic heterocycles. The number of benzene rings is 2. The normalized spacial score (nSPS) is 21.8. The van der Waals surface area contributed by atoms with Gasteiger partial charge < -0.3 is 30.2 Å². The summed E-state index contributed by atoms with van der Waals surface area (Å²) in [6.45, 7) is 4.11. The number of alkyl carbamates (subject to hydrolysis) is 1. The molecule has 0 spiro atoms. The Morgan fingerprint density at radius 3 is 2.08 bits per heavy atom. The molecule has 2 aromatic carbocycles. The van der Waals surface area contributed by atoms with E-state index in [0.717, 1.165) is 77.8 Å². The van der Waals surface area contributed by atoms with Crippen LogP contribution < -0.4 is 10.6 Å². The van der Waals surface area contributed by atoms with Crippen molar-refractivity contribution in [3.63, 3.8) is 0 Å². The van der Waals surface area contributed by atoms with Gasteiger partial charge in [-0.15, -0.1) is 0 Å². The molecule has 0 radical (unpaired) electrons. The first-order valence-corrected chi connectivity index (χ1v) is 20.1. The number of rotatable bonds is 11. The van der Waals surface area contributed by atoms with Crippen LogP contribution in [0, 0.1) is 23.7 Å². The Bertz CT molecular complexity index is 2310. The van der Waals surface area contributed by atoms with Crippen molar-refractivity contribution in [3.05, 3.63) is 102 Å². The number of carbonyl (C=O) groups excluding carboxylic acids is 3. The van der Waals surface area contributed by atoms with E-state index >= 15 is 0 Å². The highest BCUT2D eigenvalue weighted by atomic mass is 19.4. The van der Waals surface area contributed by atoms with E-state index in [1.54, 1.807) is 17.3 Å². The molecule has 2 aliphatic carbocycles. The monoisotopic (exact) mass is 808 g/mol. The van der Waals surface area contributed by atoms with Crippen LogP contribution in [0.4, 0.5) is 18.0 Å². The zero-order valence-electron chi connectivity index (χ0n) is 33.1. The number of hydrogen-bond donors (Lipinski definition) is 4. The molecule has 4 N–H and O–H groups in total. The Kier molecular flexibility index (Phi) is 11.0. The molecule has 1 saturated heterocycles. The first-order chi connectivity index (χ1) is 28.4. The zero-order chi connectivity index (χ0) is 41.4. The third kappa shape index (κ3) is 8.06. The minimum Gasteiger partial charge on any atom is -0.453 e. The summed E-state index contributed by atoms with van der Waals surface area (Å²) in [4.78, 5) is 60.7. The molecular formula is C44H47F3N8O4. The smallest absolute Gasteiger partial charge is 0.433 e. The van der Waals surface area contributed by atoms with Crippen LogP contribution in [-0.4, -0.2) is 67.4 Å². The Morgan fingerprint density at radius 2 is 1.46 bits per heavy atom. The lowest BCUT2D eigenvalue weighted by Crippen LogP contribution is -2.51. The number of likely N-dealkylation sites (tertiary alicyclic amines) is 1. The van der Waals surface area contributed by atoms with Gasteiger partial charge in [-0.05, 0) is 78.2 Å². The first kappa shape index (κ1) is 39.8. The Balaban J connectivity index is 0.917. The summed E-state index contributed by atoms with van der Waals surface area (Å²) in [5.41, 5.74) is 4.56. The van der Waals surface area contributed by atoms with E-state index in [0.29, 0.717) is 12.4 Å². The summed E-state index contributed by atoms with van der Waals surface area (Å²) < 4.78 is 45.3. The highest BCUT2D eigenvalue weighted by molar-refractivity contribution is 5.86. The molecule has 3 aliphatic rings. The summed E-state index contributed by atoms with van der Waals surface area (Å²) in [6, 6.07) is 18.2. The second-order valence-electron chi connectivity index (χ2n) is 16.2. The third-order valence-electron chi connectivity index (χ3n) is 12.3. The van der Waals surface area contributed by atoms with Crippen LogP contribution >= 0.6 is 0 Å². The average molecular weight is 809 g/mol. The van der Waals surface area contributed by atoms with Gasteiger partial charge in [-0.2, -0.15) is 13.2 Å². The number of H-pyrrole nitrogens is 2. The quantitative estimate of drug-likeness (QED) is 0.105. The summed E-state index contributed by atoms with van der Waals surface area (Å²) in [6.07, 6.45) is 3.83. The molecule has 5 aromatic rings. The van der Waals surface area contributed by atoms with Crippen LogP contribution in [0.15, 0.2) is 79.3 Å². The van der Waals surface area contributed by atoms with E-state index in [2.05, 4.69) is 42.7 Å². The lowest BCUT2D eigenvalue weighted by molar-refractivity contribution is -0.142. The van der Waals surface area contributed by atoms with Gasteiger partial charge in [0.2, 0.25) is 11.8 Å². The van der Waals surface area contributed by atoms with Crippen molar-refractivity contribution in [3.8, 4) is 33.6 Å². The van der Waals surface area contributed by atoms with Gasteiger partial charge in [-0.25, -0.2) is 14.8 Å². The molecule has 1 aliphatic heterocycles. The van der Waals surface area contributed by atoms with Crippen molar-refractivity contribution in [2.24, 2.45) is 23.7 Å². The Hall–Kier alpha value is -5.99. The third-order valence-corrected chi connectivity index (χ3v) is 12.3. The predicted octanol–water partition coefficient (Wildman–Crippen LogP) is 8.04. The van der Waals surface area contributed by atoms with E-state index in [1.807, 2.05) is 50.2 Å². The number of alkyl halides is 3. The Labute approximate surface area is 339 Å². The number of nitrogens with zero attached hydrogens (tertiary/aromatic N) is 4. The minimum atomic E-state index is -4.61. The summed E-state index contributed by atoms with van der Waals surface area (Å²) in [5.74, 6) is 0.822. The van der Waals surface area contributed by atoms with Gasteiger partial charge in [0.05, 0.1) is 42.9 Å². The highest BCUT2D eigenvalue weighted by Gasteiger charge is 2.52. The number of fused-ring (bicyclic) bond motifs is 2. The molecule has 15 heteroatoms. The number of hydrogen-bond acceptors (Lipinski definition) is 7. The molecule has 3 unspecified atom stereocenters.